The third kappa shape index (κ3) is 3.61. The molecule has 0 aliphatic heterocycles. The number of nitrogens with zero attached hydrogens (tertiary/aromatic N) is 1. The van der Waals surface area contributed by atoms with Gasteiger partial charge in [0.2, 0.25) is 0 Å². The summed E-state index contributed by atoms with van der Waals surface area (Å²) >= 11 is 6.00. The lowest BCUT2D eigenvalue weighted by Gasteiger charge is -2.15. The highest BCUT2D eigenvalue weighted by Gasteiger charge is 2.13. The lowest BCUT2D eigenvalue weighted by Crippen LogP contribution is -2.18. The van der Waals surface area contributed by atoms with E-state index >= 15 is 0 Å². The zero-order valence-corrected chi connectivity index (χ0v) is 11.0. The highest BCUT2D eigenvalue weighted by Crippen LogP contribution is 2.25. The Labute approximate surface area is 106 Å². The molecule has 1 unspecified atom stereocenters. The molecule has 1 aromatic rings. The van der Waals surface area contributed by atoms with Gasteiger partial charge in [-0.2, -0.15) is 5.26 Å². The van der Waals surface area contributed by atoms with Crippen LogP contribution in [0.4, 0.5) is 10.1 Å². The Balaban J connectivity index is 2.76. The van der Waals surface area contributed by atoms with Gasteiger partial charge in [0.25, 0.3) is 0 Å². The molecule has 0 aliphatic rings. The fourth-order valence-corrected chi connectivity index (χ4v) is 1.72. The molecule has 17 heavy (non-hydrogen) atoms. The standard InChI is InChI=1S/C13H16ClFN2/c1-8(2)10(6-16)7-17-13-5-12(15)9(3)4-11(13)14/h4-5,8,10,17H,7H2,1-3H3. The van der Waals surface area contributed by atoms with E-state index in [4.69, 9.17) is 16.9 Å². The molecule has 0 saturated carbocycles. The summed E-state index contributed by atoms with van der Waals surface area (Å²) in [7, 11) is 0. The van der Waals surface area contributed by atoms with E-state index in [1.54, 1.807) is 13.0 Å². The molecule has 0 spiro atoms. The Bertz CT molecular complexity index is 438. The first-order chi connectivity index (χ1) is 7.95. The average molecular weight is 255 g/mol. The van der Waals surface area contributed by atoms with Crippen molar-refractivity contribution in [2.45, 2.75) is 20.8 Å². The Hall–Kier alpha value is -1.27. The molecule has 1 N–H and O–H groups in total. The van der Waals surface area contributed by atoms with Gasteiger partial charge in [-0.15, -0.1) is 0 Å². The van der Waals surface area contributed by atoms with Gasteiger partial charge in [-0.05, 0) is 30.5 Å². The van der Waals surface area contributed by atoms with E-state index < -0.39 is 0 Å². The third-order valence-corrected chi connectivity index (χ3v) is 3.04. The minimum absolute atomic E-state index is 0.115. The first-order valence-electron chi connectivity index (χ1n) is 5.54. The second-order valence-electron chi connectivity index (χ2n) is 4.44. The monoisotopic (exact) mass is 254 g/mol. The molecule has 0 radical (unpaired) electrons. The lowest BCUT2D eigenvalue weighted by atomic mass is 9.97. The number of hydrogen-bond acceptors (Lipinski definition) is 2. The lowest BCUT2D eigenvalue weighted by molar-refractivity contribution is 0.496. The minimum atomic E-state index is -0.296. The molecule has 0 bridgehead atoms. The van der Waals surface area contributed by atoms with Gasteiger partial charge >= 0.3 is 0 Å². The molecule has 0 amide bonds. The maximum Gasteiger partial charge on any atom is 0.128 e. The topological polar surface area (TPSA) is 35.8 Å². The maximum atomic E-state index is 13.4. The van der Waals surface area contributed by atoms with E-state index in [1.807, 2.05) is 13.8 Å². The molecule has 2 nitrogen and oxygen atoms in total. The van der Waals surface area contributed by atoms with Crippen molar-refractivity contribution < 1.29 is 4.39 Å². The third-order valence-electron chi connectivity index (χ3n) is 2.73. The summed E-state index contributed by atoms with van der Waals surface area (Å²) in [5.74, 6) is -0.160. The molecule has 0 heterocycles. The zero-order valence-electron chi connectivity index (χ0n) is 10.2. The second-order valence-corrected chi connectivity index (χ2v) is 4.85. The number of nitrogens with one attached hydrogen (secondary N) is 1. The van der Waals surface area contributed by atoms with Crippen molar-refractivity contribution in [3.63, 3.8) is 0 Å². The molecule has 92 valence electrons. The number of nitriles is 1. The van der Waals surface area contributed by atoms with Crippen LogP contribution >= 0.6 is 11.6 Å². The van der Waals surface area contributed by atoms with E-state index in [0.717, 1.165) is 0 Å². The van der Waals surface area contributed by atoms with Gasteiger partial charge in [0.15, 0.2) is 0 Å². The van der Waals surface area contributed by atoms with Crippen LogP contribution in [0.3, 0.4) is 0 Å². The molecule has 0 aliphatic carbocycles. The summed E-state index contributed by atoms with van der Waals surface area (Å²) in [6.07, 6.45) is 0. The smallest absolute Gasteiger partial charge is 0.128 e. The highest BCUT2D eigenvalue weighted by molar-refractivity contribution is 6.33. The summed E-state index contributed by atoms with van der Waals surface area (Å²) in [6, 6.07) is 5.16. The SMILES string of the molecule is Cc1cc(Cl)c(NCC(C#N)C(C)C)cc1F. The van der Waals surface area contributed by atoms with Gasteiger partial charge in [-0.1, -0.05) is 25.4 Å². The molecular formula is C13H16ClFN2. The number of aryl methyl sites for hydroxylation is 1. The predicted octanol–water partition coefficient (Wildman–Crippen LogP) is 4.00. The second kappa shape index (κ2) is 5.88. The Morgan fingerprint density at radius 2 is 2.12 bits per heavy atom. The number of anilines is 1. The van der Waals surface area contributed by atoms with Crippen molar-refractivity contribution in [2.75, 3.05) is 11.9 Å². The van der Waals surface area contributed by atoms with E-state index in [2.05, 4.69) is 11.4 Å². The van der Waals surface area contributed by atoms with E-state index in [9.17, 15) is 4.39 Å². The molecule has 0 saturated heterocycles. The summed E-state index contributed by atoms with van der Waals surface area (Å²) in [4.78, 5) is 0. The summed E-state index contributed by atoms with van der Waals surface area (Å²) in [6.45, 7) is 6.09. The maximum absolute atomic E-state index is 13.4. The van der Waals surface area contributed by atoms with Crippen molar-refractivity contribution in [1.29, 1.82) is 5.26 Å². The fourth-order valence-electron chi connectivity index (χ4n) is 1.43. The van der Waals surface area contributed by atoms with Crippen molar-refractivity contribution in [1.82, 2.24) is 0 Å². The Morgan fingerprint density at radius 1 is 1.47 bits per heavy atom. The molecule has 4 heteroatoms. The first-order valence-corrected chi connectivity index (χ1v) is 5.92. The van der Waals surface area contributed by atoms with Gasteiger partial charge in [0.1, 0.15) is 5.82 Å². The van der Waals surface area contributed by atoms with Gasteiger partial charge in [-0.25, -0.2) is 4.39 Å². The normalized spacial score (nSPS) is 12.3. The van der Waals surface area contributed by atoms with Gasteiger partial charge in [0, 0.05) is 6.54 Å². The van der Waals surface area contributed by atoms with Gasteiger partial charge in [0.05, 0.1) is 22.7 Å². The van der Waals surface area contributed by atoms with Gasteiger partial charge in [-0.3, -0.25) is 0 Å². The molecule has 1 aromatic carbocycles. The van der Waals surface area contributed by atoms with E-state index in [1.165, 1.54) is 6.07 Å². The highest BCUT2D eigenvalue weighted by atomic mass is 35.5. The summed E-state index contributed by atoms with van der Waals surface area (Å²) < 4.78 is 13.4. The largest absolute Gasteiger partial charge is 0.382 e. The van der Waals surface area contributed by atoms with Crippen molar-refractivity contribution in [3.05, 3.63) is 28.5 Å². The summed E-state index contributed by atoms with van der Waals surface area (Å²) in [5.41, 5.74) is 1.05. The minimum Gasteiger partial charge on any atom is -0.382 e. The van der Waals surface area contributed by atoms with Crippen molar-refractivity contribution >= 4 is 17.3 Å². The van der Waals surface area contributed by atoms with Crippen LogP contribution in [0.2, 0.25) is 5.02 Å². The molecule has 1 rings (SSSR count). The molecule has 0 fully saturated rings. The van der Waals surface area contributed by atoms with Crippen LogP contribution in [0.15, 0.2) is 12.1 Å². The van der Waals surface area contributed by atoms with Crippen molar-refractivity contribution in [3.8, 4) is 6.07 Å². The number of rotatable bonds is 4. The molecule has 1 atom stereocenters. The number of hydrogen-bond donors (Lipinski definition) is 1. The first kappa shape index (κ1) is 13.8. The average Bonchev–Trinajstić information content (AvgIpc) is 2.25. The Morgan fingerprint density at radius 3 is 2.65 bits per heavy atom. The molecule has 0 aromatic heterocycles. The van der Waals surface area contributed by atoms with Crippen LogP contribution in [0.1, 0.15) is 19.4 Å². The number of halogens is 2. The van der Waals surface area contributed by atoms with Crippen LogP contribution in [-0.2, 0) is 0 Å². The number of benzene rings is 1. The zero-order chi connectivity index (χ0) is 13.0. The van der Waals surface area contributed by atoms with E-state index in [0.29, 0.717) is 22.8 Å². The summed E-state index contributed by atoms with van der Waals surface area (Å²) in [5, 5.41) is 12.4. The molecular weight excluding hydrogens is 239 g/mol. The van der Waals surface area contributed by atoms with Crippen LogP contribution in [0.5, 0.6) is 0 Å². The van der Waals surface area contributed by atoms with Crippen molar-refractivity contribution in [2.24, 2.45) is 11.8 Å². The van der Waals surface area contributed by atoms with Gasteiger partial charge < -0.3 is 5.32 Å². The van der Waals surface area contributed by atoms with Crippen LogP contribution < -0.4 is 5.32 Å². The van der Waals surface area contributed by atoms with Crippen LogP contribution in [0.25, 0.3) is 0 Å². The van der Waals surface area contributed by atoms with Crippen LogP contribution in [-0.4, -0.2) is 6.54 Å². The predicted molar refractivity (Wildman–Crippen MR) is 68.6 cm³/mol. The van der Waals surface area contributed by atoms with E-state index in [-0.39, 0.29) is 17.7 Å². The quantitative estimate of drug-likeness (QED) is 0.882. The van der Waals surface area contributed by atoms with Crippen LogP contribution in [0, 0.1) is 35.9 Å². The fraction of sp³-hybridized carbons (Fsp3) is 0.462. The Kier molecular flexibility index (Phi) is 4.77.